The summed E-state index contributed by atoms with van der Waals surface area (Å²) in [6.45, 7) is 2.19. The Morgan fingerprint density at radius 1 is 1.27 bits per heavy atom. The molecule has 0 N–H and O–H groups in total. The Hall–Kier alpha value is 0.430. The third-order valence-electron chi connectivity index (χ3n) is 1.62. The van der Waals surface area contributed by atoms with Gasteiger partial charge in [0.2, 0.25) is 0 Å². The van der Waals surface area contributed by atoms with Crippen LogP contribution in [-0.2, 0) is 6.42 Å². The number of rotatable bonds is 2. The molecule has 1 aromatic carbocycles. The Morgan fingerprint density at radius 3 is 2.18 bits per heavy atom. The predicted octanol–water partition coefficient (Wildman–Crippen LogP) is 3.86. The monoisotopic (exact) mass is 326 g/mol. The summed E-state index contributed by atoms with van der Waals surface area (Å²) in [5, 5.41) is 0. The van der Waals surface area contributed by atoms with Crippen molar-refractivity contribution in [3.05, 3.63) is 33.4 Å². The summed E-state index contributed by atoms with van der Waals surface area (Å²) >= 11 is 2.78. The molecule has 0 nitrogen and oxygen atoms in total. The SMILES string of the molecule is CCc1ccc(I(C)Br)cc1. The Balaban J connectivity index is 2.83. The quantitative estimate of drug-likeness (QED) is 0.572. The van der Waals surface area contributed by atoms with Crippen molar-refractivity contribution < 1.29 is 0 Å². The van der Waals surface area contributed by atoms with Crippen LogP contribution in [0.15, 0.2) is 24.3 Å². The zero-order chi connectivity index (χ0) is 8.27. The van der Waals surface area contributed by atoms with Gasteiger partial charge >= 0.3 is 82.0 Å². The van der Waals surface area contributed by atoms with Gasteiger partial charge in [-0.05, 0) is 0 Å². The fourth-order valence-corrected chi connectivity index (χ4v) is 3.58. The van der Waals surface area contributed by atoms with Crippen molar-refractivity contribution in [2.24, 2.45) is 0 Å². The second-order valence-electron chi connectivity index (χ2n) is 2.38. The second kappa shape index (κ2) is 4.45. The molecule has 0 atom stereocenters. The number of hydrogen-bond donors (Lipinski definition) is 0. The van der Waals surface area contributed by atoms with E-state index in [1.807, 2.05) is 0 Å². The molecule has 0 saturated carbocycles. The van der Waals surface area contributed by atoms with E-state index in [9.17, 15) is 0 Å². The fourth-order valence-electron chi connectivity index (χ4n) is 0.894. The van der Waals surface area contributed by atoms with Gasteiger partial charge in [0.15, 0.2) is 0 Å². The number of hydrogen-bond acceptors (Lipinski definition) is 0. The molecule has 2 heteroatoms. The maximum absolute atomic E-state index is 3.69. The summed E-state index contributed by atoms with van der Waals surface area (Å²) in [6, 6.07) is 8.95. The standard InChI is InChI=1S/C9H12BrI/c1-3-8-4-6-9(7-5-8)11(2)10/h4-7H,3H2,1-2H3. The van der Waals surface area contributed by atoms with Crippen molar-refractivity contribution in [2.45, 2.75) is 13.3 Å². The van der Waals surface area contributed by atoms with Gasteiger partial charge < -0.3 is 0 Å². The third kappa shape index (κ3) is 2.75. The van der Waals surface area contributed by atoms with Crippen LogP contribution in [0.1, 0.15) is 12.5 Å². The molecule has 0 aliphatic carbocycles. The van der Waals surface area contributed by atoms with E-state index in [-0.39, 0.29) is 0 Å². The summed E-state index contributed by atoms with van der Waals surface area (Å²) in [4.78, 5) is 2.30. The first-order valence-electron chi connectivity index (χ1n) is 3.59. The fraction of sp³-hybridized carbons (Fsp3) is 0.333. The van der Waals surface area contributed by atoms with Gasteiger partial charge in [-0.25, -0.2) is 0 Å². The summed E-state index contributed by atoms with van der Waals surface area (Å²) in [5.41, 5.74) is 1.43. The molecule has 0 amide bonds. The zero-order valence-electron chi connectivity index (χ0n) is 6.77. The second-order valence-corrected chi connectivity index (χ2v) is 12.0. The van der Waals surface area contributed by atoms with Gasteiger partial charge in [0.05, 0.1) is 0 Å². The molecule has 0 heterocycles. The molecule has 0 bridgehead atoms. The summed E-state index contributed by atoms with van der Waals surface area (Å²) in [7, 11) is 0. The van der Waals surface area contributed by atoms with E-state index in [4.69, 9.17) is 0 Å². The topological polar surface area (TPSA) is 0 Å². The Bertz CT molecular complexity index is 216. The van der Waals surface area contributed by atoms with Crippen molar-refractivity contribution in [3.63, 3.8) is 0 Å². The maximum atomic E-state index is 3.69. The van der Waals surface area contributed by atoms with Crippen molar-refractivity contribution in [2.75, 3.05) is 4.93 Å². The van der Waals surface area contributed by atoms with Gasteiger partial charge in [-0.2, -0.15) is 0 Å². The molecule has 1 aromatic rings. The van der Waals surface area contributed by atoms with Gasteiger partial charge in [0.1, 0.15) is 0 Å². The van der Waals surface area contributed by atoms with Gasteiger partial charge in [0, 0.05) is 0 Å². The van der Waals surface area contributed by atoms with E-state index in [0.29, 0.717) is 0 Å². The van der Waals surface area contributed by atoms with Crippen molar-refractivity contribution in [1.82, 2.24) is 0 Å². The summed E-state index contributed by atoms with van der Waals surface area (Å²) in [6.07, 6.45) is 1.14. The van der Waals surface area contributed by atoms with Crippen LogP contribution in [0.5, 0.6) is 0 Å². The van der Waals surface area contributed by atoms with Crippen molar-refractivity contribution in [1.29, 1.82) is 0 Å². The van der Waals surface area contributed by atoms with Crippen molar-refractivity contribution >= 4 is 30.3 Å². The van der Waals surface area contributed by atoms with Gasteiger partial charge in [-0.15, -0.1) is 0 Å². The van der Waals surface area contributed by atoms with Gasteiger partial charge in [-0.1, -0.05) is 0 Å². The summed E-state index contributed by atoms with van der Waals surface area (Å²) < 4.78 is 1.51. The first kappa shape index (κ1) is 9.52. The Kier molecular flexibility index (Phi) is 3.85. The van der Waals surface area contributed by atoms with Crippen LogP contribution in [0, 0.1) is 3.57 Å². The van der Waals surface area contributed by atoms with Crippen LogP contribution >= 0.6 is 30.3 Å². The Labute approximate surface area is 81.5 Å². The first-order valence-corrected chi connectivity index (χ1v) is 11.7. The van der Waals surface area contributed by atoms with Crippen molar-refractivity contribution in [3.8, 4) is 0 Å². The van der Waals surface area contributed by atoms with E-state index in [1.165, 1.54) is 9.13 Å². The molecule has 0 aromatic heterocycles. The molecular weight excluding hydrogens is 315 g/mol. The minimum absolute atomic E-state index is 0.903. The van der Waals surface area contributed by atoms with Crippen LogP contribution in [0.3, 0.4) is 0 Å². The average Bonchev–Trinajstić information content (AvgIpc) is 2.05. The normalized spacial score (nSPS) is 11.4. The van der Waals surface area contributed by atoms with Crippen LogP contribution in [-0.4, -0.2) is 4.93 Å². The molecular formula is C9H12BrI. The van der Waals surface area contributed by atoms with E-state index in [2.05, 4.69) is 48.8 Å². The van der Waals surface area contributed by atoms with E-state index < -0.39 is 17.6 Å². The molecule has 11 heavy (non-hydrogen) atoms. The molecule has 0 aliphatic rings. The van der Waals surface area contributed by atoms with Gasteiger partial charge in [-0.3, -0.25) is 0 Å². The Morgan fingerprint density at radius 2 is 1.82 bits per heavy atom. The molecule has 0 saturated heterocycles. The number of aryl methyl sites for hydroxylation is 1. The molecule has 0 aliphatic heterocycles. The van der Waals surface area contributed by atoms with Crippen LogP contribution in [0.25, 0.3) is 0 Å². The predicted molar refractivity (Wildman–Crippen MR) is 63.4 cm³/mol. The van der Waals surface area contributed by atoms with Crippen LogP contribution < -0.4 is 0 Å². The average molecular weight is 327 g/mol. The first-order chi connectivity index (χ1) is 5.24. The number of halogens is 2. The molecule has 0 unspecified atom stereocenters. The van der Waals surface area contributed by atoms with E-state index >= 15 is 0 Å². The van der Waals surface area contributed by atoms with Crippen LogP contribution in [0.4, 0.5) is 0 Å². The molecule has 0 spiro atoms. The summed E-state index contributed by atoms with van der Waals surface area (Å²) in [5.74, 6) is 0. The zero-order valence-corrected chi connectivity index (χ0v) is 10.5. The minimum atomic E-state index is -0.903. The molecule has 0 fully saturated rings. The third-order valence-corrected chi connectivity index (χ3v) is 6.38. The van der Waals surface area contributed by atoms with Gasteiger partial charge in [0.25, 0.3) is 0 Å². The molecule has 1 rings (SSSR count). The number of alkyl halides is 1. The number of benzene rings is 1. The molecule has 62 valence electrons. The van der Waals surface area contributed by atoms with E-state index in [0.717, 1.165) is 6.42 Å². The van der Waals surface area contributed by atoms with Crippen LogP contribution in [0.2, 0.25) is 0 Å². The molecule has 0 radical (unpaired) electrons. The van der Waals surface area contributed by atoms with E-state index in [1.54, 1.807) is 0 Å².